The minimum Gasteiger partial charge on any atom is -0.478 e. The molecule has 2 rings (SSSR count). The minimum atomic E-state index is -3.57. The highest BCUT2D eigenvalue weighted by atomic mass is 32.2. The molecule has 0 unspecified atom stereocenters. The van der Waals surface area contributed by atoms with Crippen LogP contribution in [0, 0.1) is 0 Å². The van der Waals surface area contributed by atoms with Gasteiger partial charge in [-0.15, -0.1) is 0 Å². The molecular weight excluding hydrogens is 268 g/mol. The molecule has 1 heterocycles. The van der Waals surface area contributed by atoms with E-state index in [4.69, 9.17) is 5.11 Å². The maximum Gasteiger partial charge on any atom is 0.335 e. The topological polar surface area (TPSA) is 89.3 Å². The predicted octanol–water partition coefficient (Wildman–Crippen LogP) is 1.09. The summed E-state index contributed by atoms with van der Waals surface area (Å²) < 4.78 is 25.8. The van der Waals surface area contributed by atoms with E-state index in [0.29, 0.717) is 5.56 Å². The second kappa shape index (κ2) is 4.85. The molecule has 0 aliphatic rings. The van der Waals surface area contributed by atoms with Crippen LogP contribution in [0.5, 0.6) is 0 Å². The number of aromatic nitrogens is 2. The summed E-state index contributed by atoms with van der Waals surface area (Å²) in [5.41, 5.74) is 0.510. The maximum atomic E-state index is 12.2. The first-order valence-corrected chi connectivity index (χ1v) is 7.07. The van der Waals surface area contributed by atoms with Crippen LogP contribution in [-0.4, -0.2) is 29.3 Å². The highest BCUT2D eigenvalue weighted by molar-refractivity contribution is 7.90. The van der Waals surface area contributed by atoms with Crippen LogP contribution < -0.4 is 0 Å². The van der Waals surface area contributed by atoms with E-state index in [1.807, 2.05) is 0 Å². The van der Waals surface area contributed by atoms with Crippen molar-refractivity contribution < 1.29 is 18.3 Å². The fraction of sp³-hybridized carbons (Fsp3) is 0.167. The fourth-order valence-electron chi connectivity index (χ4n) is 1.67. The second-order valence-electron chi connectivity index (χ2n) is 4.11. The number of carbonyl (C=O) groups is 1. The van der Waals surface area contributed by atoms with Crippen LogP contribution >= 0.6 is 0 Å². The molecule has 1 aromatic carbocycles. The van der Waals surface area contributed by atoms with Crippen molar-refractivity contribution in [3.63, 3.8) is 0 Å². The molecule has 1 aromatic heterocycles. The molecular formula is C12H12N2O4S. The van der Waals surface area contributed by atoms with E-state index in [-0.39, 0.29) is 16.2 Å². The molecule has 0 aliphatic heterocycles. The average Bonchev–Trinajstić information content (AvgIpc) is 2.74. The Morgan fingerprint density at radius 3 is 2.74 bits per heavy atom. The molecule has 0 bridgehead atoms. The Hall–Kier alpha value is -2.15. The van der Waals surface area contributed by atoms with Gasteiger partial charge >= 0.3 is 5.97 Å². The predicted molar refractivity (Wildman–Crippen MR) is 67.5 cm³/mol. The zero-order chi connectivity index (χ0) is 14.0. The Labute approximate surface area is 110 Å². The van der Waals surface area contributed by atoms with Crippen LogP contribution in [0.4, 0.5) is 0 Å². The molecule has 2 aromatic rings. The van der Waals surface area contributed by atoms with Crippen molar-refractivity contribution in [3.05, 3.63) is 47.8 Å². The molecule has 6 nitrogen and oxygen atoms in total. The van der Waals surface area contributed by atoms with Crippen LogP contribution in [-0.2, 0) is 22.6 Å². The van der Waals surface area contributed by atoms with Crippen molar-refractivity contribution in [3.8, 4) is 0 Å². The molecule has 0 fully saturated rings. The van der Waals surface area contributed by atoms with Crippen LogP contribution in [0.2, 0.25) is 0 Å². The highest BCUT2D eigenvalue weighted by Gasteiger charge is 2.17. The van der Waals surface area contributed by atoms with Gasteiger partial charge in [0, 0.05) is 18.8 Å². The van der Waals surface area contributed by atoms with Gasteiger partial charge in [0.25, 0.3) is 0 Å². The van der Waals surface area contributed by atoms with Gasteiger partial charge in [0.05, 0.1) is 22.4 Å². The van der Waals surface area contributed by atoms with E-state index >= 15 is 0 Å². The molecule has 7 heteroatoms. The summed E-state index contributed by atoms with van der Waals surface area (Å²) in [6.45, 7) is 0. The van der Waals surface area contributed by atoms with Gasteiger partial charge in [0.2, 0.25) is 0 Å². The van der Waals surface area contributed by atoms with E-state index in [9.17, 15) is 13.2 Å². The van der Waals surface area contributed by atoms with E-state index in [2.05, 4.69) is 5.10 Å². The lowest BCUT2D eigenvalue weighted by atomic mass is 10.2. The van der Waals surface area contributed by atoms with Gasteiger partial charge in [0.15, 0.2) is 9.84 Å². The minimum absolute atomic E-state index is 0.00347. The first kappa shape index (κ1) is 13.3. The molecule has 0 amide bonds. The zero-order valence-corrected chi connectivity index (χ0v) is 11.0. The van der Waals surface area contributed by atoms with Gasteiger partial charge in [-0.05, 0) is 18.2 Å². The van der Waals surface area contributed by atoms with Gasteiger partial charge in [-0.1, -0.05) is 6.07 Å². The Morgan fingerprint density at radius 1 is 1.42 bits per heavy atom. The molecule has 0 atom stereocenters. The lowest BCUT2D eigenvalue weighted by molar-refractivity contribution is 0.0696. The van der Waals surface area contributed by atoms with Crippen LogP contribution in [0.25, 0.3) is 0 Å². The number of aryl methyl sites for hydroxylation is 1. The average molecular weight is 280 g/mol. The summed E-state index contributed by atoms with van der Waals surface area (Å²) in [4.78, 5) is 10.8. The van der Waals surface area contributed by atoms with E-state index in [0.717, 1.165) is 6.07 Å². The third-order valence-electron chi connectivity index (χ3n) is 2.56. The molecule has 0 radical (unpaired) electrons. The number of nitrogens with zero attached hydrogens (tertiary/aromatic N) is 2. The maximum absolute atomic E-state index is 12.2. The third-order valence-corrected chi connectivity index (χ3v) is 4.24. The fourth-order valence-corrected chi connectivity index (χ4v) is 3.02. The van der Waals surface area contributed by atoms with Crippen molar-refractivity contribution in [2.75, 3.05) is 0 Å². The van der Waals surface area contributed by atoms with Crippen LogP contribution in [0.15, 0.2) is 41.6 Å². The summed E-state index contributed by atoms with van der Waals surface area (Å²) in [5.74, 6) is -1.36. The first-order chi connectivity index (χ1) is 8.88. The summed E-state index contributed by atoms with van der Waals surface area (Å²) in [6.07, 6.45) is 3.08. The lowest BCUT2D eigenvalue weighted by Crippen LogP contribution is -2.06. The standard InChI is InChI=1S/C12H12N2O4S/c1-14-7-9(6-13-14)8-19(17,18)11-4-2-3-10(5-11)12(15)16/h2-7H,8H2,1H3,(H,15,16). The molecule has 0 aliphatic carbocycles. The Kier molecular flexibility index (Phi) is 3.39. The van der Waals surface area contributed by atoms with Gasteiger partial charge < -0.3 is 5.11 Å². The summed E-state index contributed by atoms with van der Waals surface area (Å²) >= 11 is 0. The molecule has 0 saturated carbocycles. The number of carboxylic acid groups (broad SMARTS) is 1. The first-order valence-electron chi connectivity index (χ1n) is 5.42. The van der Waals surface area contributed by atoms with Crippen molar-refractivity contribution in [2.45, 2.75) is 10.6 Å². The lowest BCUT2D eigenvalue weighted by Gasteiger charge is -2.03. The zero-order valence-electron chi connectivity index (χ0n) is 10.1. The van der Waals surface area contributed by atoms with Crippen LogP contribution in [0.1, 0.15) is 15.9 Å². The number of hydrogen-bond acceptors (Lipinski definition) is 4. The quantitative estimate of drug-likeness (QED) is 0.905. The van der Waals surface area contributed by atoms with Gasteiger partial charge in [-0.3, -0.25) is 4.68 Å². The number of hydrogen-bond donors (Lipinski definition) is 1. The smallest absolute Gasteiger partial charge is 0.335 e. The van der Waals surface area contributed by atoms with Crippen molar-refractivity contribution in [1.29, 1.82) is 0 Å². The number of benzene rings is 1. The second-order valence-corrected chi connectivity index (χ2v) is 6.10. The van der Waals surface area contributed by atoms with E-state index in [1.165, 1.54) is 29.1 Å². The number of carboxylic acids is 1. The largest absolute Gasteiger partial charge is 0.478 e. The van der Waals surface area contributed by atoms with Gasteiger partial charge in [0.1, 0.15) is 0 Å². The van der Waals surface area contributed by atoms with Crippen molar-refractivity contribution >= 4 is 15.8 Å². The third kappa shape index (κ3) is 3.00. The number of sulfone groups is 1. The normalized spacial score (nSPS) is 11.4. The van der Waals surface area contributed by atoms with E-state index < -0.39 is 15.8 Å². The summed E-state index contributed by atoms with van der Waals surface area (Å²) in [7, 11) is -1.88. The molecule has 1 N–H and O–H groups in total. The molecule has 100 valence electrons. The van der Waals surface area contributed by atoms with Crippen molar-refractivity contribution in [1.82, 2.24) is 9.78 Å². The highest BCUT2D eigenvalue weighted by Crippen LogP contribution is 2.17. The van der Waals surface area contributed by atoms with E-state index in [1.54, 1.807) is 13.2 Å². The van der Waals surface area contributed by atoms with Crippen molar-refractivity contribution in [2.24, 2.45) is 7.05 Å². The Morgan fingerprint density at radius 2 is 2.16 bits per heavy atom. The SMILES string of the molecule is Cn1cc(CS(=O)(=O)c2cccc(C(=O)O)c2)cn1. The molecule has 0 spiro atoms. The Balaban J connectivity index is 2.34. The molecule has 19 heavy (non-hydrogen) atoms. The molecule has 0 saturated heterocycles. The Bertz CT molecular complexity index is 719. The number of rotatable bonds is 4. The number of aromatic carboxylic acids is 1. The van der Waals surface area contributed by atoms with Gasteiger partial charge in [-0.25, -0.2) is 13.2 Å². The summed E-state index contributed by atoms with van der Waals surface area (Å²) in [6, 6.07) is 5.32. The monoisotopic (exact) mass is 280 g/mol. The van der Waals surface area contributed by atoms with Crippen LogP contribution in [0.3, 0.4) is 0 Å². The summed E-state index contributed by atoms with van der Waals surface area (Å²) in [5, 5.41) is 12.8. The van der Waals surface area contributed by atoms with Gasteiger partial charge in [-0.2, -0.15) is 5.10 Å².